The largest absolute Gasteiger partial charge is 0.311 e. The maximum Gasteiger partial charge on any atom is 0.0462 e. The number of thiophene rings is 1. The fraction of sp³-hybridized carbons (Fsp3) is 0.0833. The first-order valence-corrected chi connectivity index (χ1v) is 18.0. The summed E-state index contributed by atoms with van der Waals surface area (Å²) in [6.07, 6.45) is 18.8. The summed E-state index contributed by atoms with van der Waals surface area (Å²) < 4.78 is 0. The second kappa shape index (κ2) is 17.1. The minimum absolute atomic E-state index is 0.568. The third kappa shape index (κ3) is 9.05. The minimum Gasteiger partial charge on any atom is -0.311 e. The molecular formula is C48H43NS. The summed E-state index contributed by atoms with van der Waals surface area (Å²) in [7, 11) is 0. The molecule has 5 aromatic carbocycles. The monoisotopic (exact) mass is 665 g/mol. The first-order chi connectivity index (χ1) is 24.5. The average Bonchev–Trinajstić information content (AvgIpc) is 3.66. The molecule has 0 aliphatic heterocycles. The summed E-state index contributed by atoms with van der Waals surface area (Å²) in [5, 5.41) is 0. The zero-order chi connectivity index (χ0) is 34.5. The molecule has 0 aliphatic rings. The van der Waals surface area contributed by atoms with Gasteiger partial charge in [-0.05, 0) is 94.8 Å². The lowest BCUT2D eigenvalue weighted by Gasteiger charge is -2.26. The van der Waals surface area contributed by atoms with Crippen molar-refractivity contribution >= 4 is 34.0 Å². The smallest absolute Gasteiger partial charge is 0.0462 e. The molecule has 0 atom stereocenters. The molecule has 0 saturated heterocycles. The molecule has 2 heteroatoms. The molecule has 0 aliphatic carbocycles. The Balaban J connectivity index is 1.24. The van der Waals surface area contributed by atoms with Crippen molar-refractivity contribution in [2.75, 3.05) is 4.90 Å². The molecule has 1 nitrogen and oxygen atoms in total. The van der Waals surface area contributed by atoms with Gasteiger partial charge in [-0.3, -0.25) is 0 Å². The standard InChI is InChI=1S/C48H43NS/c1-37(2)17-11-7-5-4-6-8-12-18-38(3)39-23-29-44(30-24-39)49(45-31-25-41(26-32-45)40-19-13-9-14-20-40)46-33-27-43(28-34-46)48-36-35-47(50-48)42-21-15-10-16-22-42/h4-37H,1-3H3/b6-4+,7-5-,12-8+,17-11-,38-18+. The van der Waals surface area contributed by atoms with Crippen LogP contribution in [0, 0.1) is 5.92 Å². The number of nitrogens with zero attached hydrogens (tertiary/aromatic N) is 1. The van der Waals surface area contributed by atoms with Crippen LogP contribution in [0.1, 0.15) is 26.3 Å². The van der Waals surface area contributed by atoms with Crippen molar-refractivity contribution in [3.63, 3.8) is 0 Å². The molecule has 0 bridgehead atoms. The summed E-state index contributed by atoms with van der Waals surface area (Å²) in [5.74, 6) is 0.568. The van der Waals surface area contributed by atoms with E-state index < -0.39 is 0 Å². The van der Waals surface area contributed by atoms with Crippen LogP contribution >= 0.6 is 11.3 Å². The van der Waals surface area contributed by atoms with Gasteiger partial charge in [-0.15, -0.1) is 11.3 Å². The molecule has 50 heavy (non-hydrogen) atoms. The Bertz CT molecular complexity index is 2090. The fourth-order valence-corrected chi connectivity index (χ4v) is 6.70. The van der Waals surface area contributed by atoms with E-state index in [4.69, 9.17) is 0 Å². The Morgan fingerprint density at radius 1 is 0.460 bits per heavy atom. The number of hydrogen-bond acceptors (Lipinski definition) is 2. The molecule has 0 radical (unpaired) electrons. The van der Waals surface area contributed by atoms with E-state index in [1.54, 1.807) is 0 Å². The molecule has 1 aromatic heterocycles. The number of benzene rings is 5. The van der Waals surface area contributed by atoms with Crippen molar-refractivity contribution in [1.82, 2.24) is 0 Å². The van der Waals surface area contributed by atoms with E-state index >= 15 is 0 Å². The van der Waals surface area contributed by atoms with Gasteiger partial charge in [-0.25, -0.2) is 0 Å². The van der Waals surface area contributed by atoms with Crippen LogP contribution in [0.15, 0.2) is 200 Å². The van der Waals surface area contributed by atoms with Crippen LogP contribution in [0.2, 0.25) is 0 Å². The van der Waals surface area contributed by atoms with Gasteiger partial charge in [0.2, 0.25) is 0 Å². The Kier molecular flexibility index (Phi) is 11.7. The maximum atomic E-state index is 2.33. The topological polar surface area (TPSA) is 3.24 Å². The van der Waals surface area contributed by atoms with Crippen LogP contribution in [-0.4, -0.2) is 0 Å². The van der Waals surface area contributed by atoms with E-state index in [0.717, 1.165) is 17.1 Å². The van der Waals surface area contributed by atoms with Crippen molar-refractivity contribution in [2.24, 2.45) is 5.92 Å². The van der Waals surface area contributed by atoms with Gasteiger partial charge >= 0.3 is 0 Å². The van der Waals surface area contributed by atoms with E-state index in [-0.39, 0.29) is 0 Å². The number of hydrogen-bond donors (Lipinski definition) is 0. The van der Waals surface area contributed by atoms with Crippen molar-refractivity contribution in [2.45, 2.75) is 20.8 Å². The molecule has 6 aromatic rings. The fourth-order valence-electron chi connectivity index (χ4n) is 5.68. The van der Waals surface area contributed by atoms with Gasteiger partial charge < -0.3 is 4.90 Å². The summed E-state index contributed by atoms with van der Waals surface area (Å²) in [6.45, 7) is 6.52. The highest BCUT2D eigenvalue weighted by molar-refractivity contribution is 7.18. The summed E-state index contributed by atoms with van der Waals surface area (Å²) in [4.78, 5) is 4.88. The zero-order valence-corrected chi connectivity index (χ0v) is 29.8. The van der Waals surface area contributed by atoms with Crippen molar-refractivity contribution in [3.05, 3.63) is 206 Å². The van der Waals surface area contributed by atoms with Gasteiger partial charge in [-0.1, -0.05) is 166 Å². The van der Waals surface area contributed by atoms with Crippen molar-refractivity contribution < 1.29 is 0 Å². The molecule has 1 heterocycles. The highest BCUT2D eigenvalue weighted by Crippen LogP contribution is 2.39. The normalized spacial score (nSPS) is 12.3. The predicted octanol–water partition coefficient (Wildman–Crippen LogP) is 14.5. The Hall–Kier alpha value is -5.70. The Labute approximate surface area is 302 Å². The molecule has 0 unspecified atom stereocenters. The molecular weight excluding hydrogens is 623 g/mol. The van der Waals surface area contributed by atoms with Crippen LogP contribution in [-0.2, 0) is 0 Å². The summed E-state index contributed by atoms with van der Waals surface area (Å²) >= 11 is 1.83. The molecule has 6 rings (SSSR count). The SMILES string of the molecule is C\C(=C/C=C/C=C/C=C\C=C/C(C)C)c1ccc(N(c2ccc(-c3ccccc3)cc2)c2ccc(-c3ccc(-c4ccccc4)s3)cc2)cc1. The molecule has 246 valence electrons. The van der Waals surface area contributed by atoms with E-state index in [0.29, 0.717) is 5.92 Å². The van der Waals surface area contributed by atoms with E-state index in [1.165, 1.54) is 43.1 Å². The van der Waals surface area contributed by atoms with Crippen LogP contribution in [0.25, 0.3) is 37.6 Å². The zero-order valence-electron chi connectivity index (χ0n) is 29.0. The molecule has 0 spiro atoms. The summed E-state index contributed by atoms with van der Waals surface area (Å²) in [6, 6.07) is 52.2. The van der Waals surface area contributed by atoms with Gasteiger partial charge in [0.25, 0.3) is 0 Å². The van der Waals surface area contributed by atoms with Crippen molar-refractivity contribution in [1.29, 1.82) is 0 Å². The quantitative estimate of drug-likeness (QED) is 0.118. The molecule has 0 fully saturated rings. The van der Waals surface area contributed by atoms with Gasteiger partial charge in [0.15, 0.2) is 0 Å². The van der Waals surface area contributed by atoms with Crippen LogP contribution in [0.4, 0.5) is 17.1 Å². The van der Waals surface area contributed by atoms with E-state index in [1.807, 2.05) is 11.3 Å². The van der Waals surface area contributed by atoms with Gasteiger partial charge in [0.1, 0.15) is 0 Å². The number of anilines is 3. The second-order valence-corrected chi connectivity index (χ2v) is 13.6. The Morgan fingerprint density at radius 3 is 1.42 bits per heavy atom. The highest BCUT2D eigenvalue weighted by Gasteiger charge is 2.14. The van der Waals surface area contributed by atoms with Gasteiger partial charge in [0, 0.05) is 26.8 Å². The number of rotatable bonds is 12. The lowest BCUT2D eigenvalue weighted by atomic mass is 10.0. The van der Waals surface area contributed by atoms with Gasteiger partial charge in [0.05, 0.1) is 0 Å². The second-order valence-electron chi connectivity index (χ2n) is 12.5. The molecule has 0 amide bonds. The third-order valence-corrected chi connectivity index (χ3v) is 9.58. The Morgan fingerprint density at radius 2 is 0.880 bits per heavy atom. The van der Waals surface area contributed by atoms with Crippen LogP contribution in [0.3, 0.4) is 0 Å². The number of allylic oxidation sites excluding steroid dienone is 10. The molecule has 0 N–H and O–H groups in total. The van der Waals surface area contributed by atoms with E-state index in [9.17, 15) is 0 Å². The third-order valence-electron chi connectivity index (χ3n) is 8.40. The van der Waals surface area contributed by atoms with Crippen LogP contribution < -0.4 is 4.90 Å². The molecule has 0 saturated carbocycles. The first-order valence-electron chi connectivity index (χ1n) is 17.2. The maximum absolute atomic E-state index is 2.33. The average molecular weight is 666 g/mol. The first kappa shape index (κ1) is 34.2. The lowest BCUT2D eigenvalue weighted by molar-refractivity contribution is 0.832. The van der Waals surface area contributed by atoms with Crippen LogP contribution in [0.5, 0.6) is 0 Å². The lowest BCUT2D eigenvalue weighted by Crippen LogP contribution is -2.09. The van der Waals surface area contributed by atoms with E-state index in [2.05, 4.69) is 226 Å². The summed E-state index contributed by atoms with van der Waals surface area (Å²) in [5.41, 5.74) is 10.6. The van der Waals surface area contributed by atoms with Crippen molar-refractivity contribution in [3.8, 4) is 32.0 Å². The van der Waals surface area contributed by atoms with Gasteiger partial charge in [-0.2, -0.15) is 0 Å². The minimum atomic E-state index is 0.568. The predicted molar refractivity (Wildman–Crippen MR) is 220 cm³/mol. The highest BCUT2D eigenvalue weighted by atomic mass is 32.1.